The second kappa shape index (κ2) is 5.40. The maximum absolute atomic E-state index is 13.1. The highest BCUT2D eigenvalue weighted by Gasteiger charge is 2.54. The number of ether oxygens (including phenoxy) is 1. The molecule has 0 aliphatic heterocycles. The maximum atomic E-state index is 13.1. The summed E-state index contributed by atoms with van der Waals surface area (Å²) in [6.45, 7) is 2.08. The standard InChI is InChI=1S/C20H24O3/c1-3-11-8-9-14(23-2)10-15(11)18-19(21)16-12-4-5-13(7-6-12)17(16)20(18)22/h8-10,12-13,16-17,21H,3-7H2,1-2H3. The Hall–Kier alpha value is -1.77. The van der Waals surface area contributed by atoms with E-state index < -0.39 is 0 Å². The van der Waals surface area contributed by atoms with Gasteiger partial charge < -0.3 is 9.84 Å². The van der Waals surface area contributed by atoms with Crippen LogP contribution >= 0.6 is 0 Å². The van der Waals surface area contributed by atoms with Crippen molar-refractivity contribution in [2.45, 2.75) is 39.0 Å². The molecule has 3 fully saturated rings. The van der Waals surface area contributed by atoms with Gasteiger partial charge in [-0.1, -0.05) is 13.0 Å². The zero-order valence-electron chi connectivity index (χ0n) is 13.8. The Labute approximate surface area is 137 Å². The average molecular weight is 312 g/mol. The van der Waals surface area contributed by atoms with Crippen LogP contribution < -0.4 is 4.74 Å². The molecule has 0 saturated heterocycles. The summed E-state index contributed by atoms with van der Waals surface area (Å²) in [4.78, 5) is 13.1. The first-order valence-electron chi connectivity index (χ1n) is 8.80. The van der Waals surface area contributed by atoms with Gasteiger partial charge in [-0.15, -0.1) is 0 Å². The van der Waals surface area contributed by atoms with Crippen LogP contribution in [0, 0.1) is 23.7 Å². The molecular formula is C20H24O3. The lowest BCUT2D eigenvalue weighted by atomic mass is 9.59. The van der Waals surface area contributed by atoms with Crippen LogP contribution in [0.15, 0.2) is 24.0 Å². The SMILES string of the molecule is CCc1ccc(OC)cc1C1=C(O)C2C3CCC(CC3)C2C1=O. The van der Waals surface area contributed by atoms with Crippen molar-refractivity contribution in [2.24, 2.45) is 23.7 Å². The molecule has 23 heavy (non-hydrogen) atoms. The normalized spacial score (nSPS) is 32.3. The van der Waals surface area contributed by atoms with E-state index in [2.05, 4.69) is 6.92 Å². The number of aryl methyl sites for hydroxylation is 1. The molecule has 1 aromatic carbocycles. The van der Waals surface area contributed by atoms with Gasteiger partial charge >= 0.3 is 0 Å². The van der Waals surface area contributed by atoms with Crippen molar-refractivity contribution >= 4 is 11.4 Å². The number of aliphatic hydroxyl groups excluding tert-OH is 1. The lowest BCUT2D eigenvalue weighted by Crippen LogP contribution is -2.41. The first-order valence-corrected chi connectivity index (χ1v) is 8.80. The highest BCUT2D eigenvalue weighted by molar-refractivity contribution is 6.25. The minimum atomic E-state index is 0.0217. The van der Waals surface area contributed by atoms with Gasteiger partial charge in [-0.05, 0) is 67.2 Å². The fourth-order valence-electron chi connectivity index (χ4n) is 5.17. The lowest BCUT2D eigenvalue weighted by Gasteiger charge is -2.44. The smallest absolute Gasteiger partial charge is 0.170 e. The van der Waals surface area contributed by atoms with E-state index >= 15 is 0 Å². The third-order valence-corrected chi connectivity index (χ3v) is 6.31. The molecule has 3 nitrogen and oxygen atoms in total. The van der Waals surface area contributed by atoms with Gasteiger partial charge in [0, 0.05) is 11.8 Å². The molecule has 4 aliphatic rings. The number of hydrogen-bond donors (Lipinski definition) is 1. The van der Waals surface area contributed by atoms with Crippen LogP contribution in [0.4, 0.5) is 0 Å². The number of ketones is 1. The van der Waals surface area contributed by atoms with E-state index in [0.29, 0.717) is 23.2 Å². The number of carbonyl (C=O) groups excluding carboxylic acids is 1. The average Bonchev–Trinajstić information content (AvgIpc) is 2.88. The molecule has 122 valence electrons. The molecule has 5 rings (SSSR count). The molecule has 3 saturated carbocycles. The number of fused-ring (bicyclic) bond motifs is 2. The van der Waals surface area contributed by atoms with E-state index in [0.717, 1.165) is 49.0 Å². The van der Waals surface area contributed by atoms with Crippen LogP contribution in [-0.4, -0.2) is 18.0 Å². The highest BCUT2D eigenvalue weighted by atomic mass is 16.5. The van der Waals surface area contributed by atoms with Crippen LogP contribution in [0.5, 0.6) is 5.75 Å². The molecule has 0 radical (unpaired) electrons. The quantitative estimate of drug-likeness (QED) is 0.911. The van der Waals surface area contributed by atoms with Crippen molar-refractivity contribution in [3.8, 4) is 5.75 Å². The molecule has 3 heteroatoms. The molecule has 0 heterocycles. The van der Waals surface area contributed by atoms with Crippen molar-refractivity contribution in [3.63, 3.8) is 0 Å². The molecule has 4 aliphatic carbocycles. The fourth-order valence-corrected chi connectivity index (χ4v) is 5.17. The molecule has 2 bridgehead atoms. The summed E-state index contributed by atoms with van der Waals surface area (Å²) in [7, 11) is 1.63. The first-order chi connectivity index (χ1) is 11.2. The lowest BCUT2D eigenvalue weighted by molar-refractivity contribution is -0.123. The second-order valence-electron chi connectivity index (χ2n) is 7.23. The van der Waals surface area contributed by atoms with Gasteiger partial charge in [0.05, 0.1) is 12.7 Å². The van der Waals surface area contributed by atoms with Crippen LogP contribution in [-0.2, 0) is 11.2 Å². The molecule has 1 N–H and O–H groups in total. The summed E-state index contributed by atoms with van der Waals surface area (Å²) >= 11 is 0. The minimum Gasteiger partial charge on any atom is -0.511 e. The van der Waals surface area contributed by atoms with Gasteiger partial charge in [-0.2, -0.15) is 0 Å². The summed E-state index contributed by atoms with van der Waals surface area (Å²) in [5.41, 5.74) is 2.56. The van der Waals surface area contributed by atoms with Crippen LogP contribution in [0.25, 0.3) is 5.57 Å². The Morgan fingerprint density at radius 1 is 1.13 bits per heavy atom. The van der Waals surface area contributed by atoms with Gasteiger partial charge in [-0.3, -0.25) is 4.79 Å². The predicted molar refractivity (Wildman–Crippen MR) is 89.4 cm³/mol. The number of allylic oxidation sites excluding steroid dienone is 2. The number of methoxy groups -OCH3 is 1. The second-order valence-corrected chi connectivity index (χ2v) is 7.23. The Kier molecular flexibility index (Phi) is 3.47. The van der Waals surface area contributed by atoms with Gasteiger partial charge in [0.25, 0.3) is 0 Å². The zero-order chi connectivity index (χ0) is 16.1. The van der Waals surface area contributed by atoms with Crippen LogP contribution in [0.2, 0.25) is 0 Å². The van der Waals surface area contributed by atoms with Crippen molar-refractivity contribution in [3.05, 3.63) is 35.1 Å². The van der Waals surface area contributed by atoms with Crippen LogP contribution in [0.3, 0.4) is 0 Å². The van der Waals surface area contributed by atoms with E-state index in [1.54, 1.807) is 7.11 Å². The number of Topliss-reactive ketones (excluding diaryl/α,β-unsaturated/α-hetero) is 1. The van der Waals surface area contributed by atoms with E-state index in [1.807, 2.05) is 18.2 Å². The van der Waals surface area contributed by atoms with Crippen molar-refractivity contribution in [2.75, 3.05) is 7.11 Å². The number of aliphatic hydroxyl groups is 1. The maximum Gasteiger partial charge on any atom is 0.170 e. The van der Waals surface area contributed by atoms with Crippen molar-refractivity contribution < 1.29 is 14.6 Å². The van der Waals surface area contributed by atoms with E-state index in [-0.39, 0.29) is 17.6 Å². The Morgan fingerprint density at radius 3 is 2.35 bits per heavy atom. The summed E-state index contributed by atoms with van der Waals surface area (Å²) in [6, 6.07) is 5.86. The van der Waals surface area contributed by atoms with Gasteiger partial charge in [0.2, 0.25) is 0 Å². The molecule has 0 amide bonds. The minimum absolute atomic E-state index is 0.0217. The Morgan fingerprint density at radius 2 is 1.78 bits per heavy atom. The molecule has 1 aromatic rings. The van der Waals surface area contributed by atoms with E-state index in [4.69, 9.17) is 4.74 Å². The van der Waals surface area contributed by atoms with Gasteiger partial charge in [-0.25, -0.2) is 0 Å². The monoisotopic (exact) mass is 312 g/mol. The number of rotatable bonds is 3. The zero-order valence-corrected chi connectivity index (χ0v) is 13.8. The number of hydrogen-bond acceptors (Lipinski definition) is 3. The number of carbonyl (C=O) groups is 1. The predicted octanol–water partition coefficient (Wildman–Crippen LogP) is 4.16. The summed E-state index contributed by atoms with van der Waals surface area (Å²) in [5.74, 6) is 2.31. The van der Waals surface area contributed by atoms with Gasteiger partial charge in [0.1, 0.15) is 11.5 Å². The largest absolute Gasteiger partial charge is 0.511 e. The highest BCUT2D eigenvalue weighted by Crippen LogP contribution is 2.57. The topological polar surface area (TPSA) is 46.5 Å². The summed E-state index contributed by atoms with van der Waals surface area (Å²) < 4.78 is 5.34. The van der Waals surface area contributed by atoms with Crippen LogP contribution in [0.1, 0.15) is 43.7 Å². The Bertz CT molecular complexity index is 680. The third-order valence-electron chi connectivity index (χ3n) is 6.31. The molecule has 0 spiro atoms. The summed E-state index contributed by atoms with van der Waals surface area (Å²) in [6.07, 6.45) is 5.46. The van der Waals surface area contributed by atoms with E-state index in [9.17, 15) is 9.90 Å². The molecule has 2 atom stereocenters. The number of benzene rings is 1. The van der Waals surface area contributed by atoms with E-state index in [1.165, 1.54) is 0 Å². The van der Waals surface area contributed by atoms with Crippen molar-refractivity contribution in [1.82, 2.24) is 0 Å². The van der Waals surface area contributed by atoms with Crippen molar-refractivity contribution in [1.29, 1.82) is 0 Å². The van der Waals surface area contributed by atoms with Gasteiger partial charge in [0.15, 0.2) is 5.78 Å². The molecule has 0 aromatic heterocycles. The summed E-state index contributed by atoms with van der Waals surface area (Å²) in [5, 5.41) is 10.9. The Balaban J connectivity index is 1.84. The molecule has 2 unspecified atom stereocenters. The molecular weight excluding hydrogens is 288 g/mol. The first kappa shape index (κ1) is 14.8. The third kappa shape index (κ3) is 2.05. The fraction of sp³-hybridized carbons (Fsp3) is 0.550.